The number of carbonyl (C=O) groups is 2. The van der Waals surface area contributed by atoms with E-state index in [4.69, 9.17) is 6.42 Å². The number of carbonyl (C=O) groups excluding carboxylic acids is 2. The number of nitrogens with one attached hydrogen (secondary N) is 2. The van der Waals surface area contributed by atoms with Gasteiger partial charge in [0.25, 0.3) is 5.91 Å². The average Bonchev–Trinajstić information content (AvgIpc) is 2.53. The molecule has 22 heavy (non-hydrogen) atoms. The molecule has 0 heterocycles. The van der Waals surface area contributed by atoms with Gasteiger partial charge in [-0.25, -0.2) is 4.39 Å². The van der Waals surface area contributed by atoms with Gasteiger partial charge in [-0.05, 0) is 42.5 Å². The van der Waals surface area contributed by atoms with Gasteiger partial charge >= 0.3 is 0 Å². The lowest BCUT2D eigenvalue weighted by Crippen LogP contribution is -2.32. The molecule has 0 aromatic heterocycles. The first-order valence-corrected chi connectivity index (χ1v) is 6.49. The second-order valence-corrected chi connectivity index (χ2v) is 4.46. The topological polar surface area (TPSA) is 58.2 Å². The number of benzene rings is 2. The van der Waals surface area contributed by atoms with Crippen LogP contribution in [-0.2, 0) is 4.79 Å². The zero-order chi connectivity index (χ0) is 15.9. The molecule has 2 N–H and O–H groups in total. The molecule has 0 fully saturated rings. The Labute approximate surface area is 127 Å². The number of terminal acetylenes is 1. The van der Waals surface area contributed by atoms with Crippen LogP contribution in [-0.4, -0.2) is 18.4 Å². The van der Waals surface area contributed by atoms with Gasteiger partial charge in [0, 0.05) is 16.8 Å². The van der Waals surface area contributed by atoms with E-state index < -0.39 is 11.7 Å². The van der Waals surface area contributed by atoms with Gasteiger partial charge in [-0.2, -0.15) is 0 Å². The minimum absolute atomic E-state index is 0.198. The van der Waals surface area contributed by atoms with E-state index in [-0.39, 0.29) is 18.0 Å². The molecule has 110 valence electrons. The second kappa shape index (κ2) is 7.04. The van der Waals surface area contributed by atoms with Crippen LogP contribution in [0.25, 0.3) is 0 Å². The van der Waals surface area contributed by atoms with Crippen molar-refractivity contribution in [2.45, 2.75) is 0 Å². The fourth-order valence-corrected chi connectivity index (χ4v) is 1.76. The summed E-state index contributed by atoms with van der Waals surface area (Å²) in [5, 5.41) is 5.08. The number of hydrogen-bond donors (Lipinski definition) is 2. The van der Waals surface area contributed by atoms with Crippen LogP contribution in [0, 0.1) is 18.2 Å². The molecule has 5 heteroatoms. The lowest BCUT2D eigenvalue weighted by Gasteiger charge is -2.07. The Bertz CT molecular complexity index is 733. The molecule has 0 radical (unpaired) electrons. The van der Waals surface area contributed by atoms with Crippen molar-refractivity contribution < 1.29 is 14.0 Å². The number of halogens is 1. The Hall–Kier alpha value is -3.13. The Kier molecular flexibility index (Phi) is 4.89. The summed E-state index contributed by atoms with van der Waals surface area (Å²) in [7, 11) is 0. The number of amides is 2. The summed E-state index contributed by atoms with van der Waals surface area (Å²) in [5.74, 6) is 1.20. The van der Waals surface area contributed by atoms with Gasteiger partial charge in [0.05, 0.1) is 6.54 Å². The van der Waals surface area contributed by atoms with Gasteiger partial charge in [0.1, 0.15) is 5.82 Å². The molecule has 0 aliphatic rings. The van der Waals surface area contributed by atoms with Gasteiger partial charge in [-0.3, -0.25) is 9.59 Å². The van der Waals surface area contributed by atoms with Crippen LogP contribution < -0.4 is 10.6 Å². The molecule has 2 rings (SSSR count). The van der Waals surface area contributed by atoms with E-state index in [1.807, 2.05) is 0 Å². The fourth-order valence-electron chi connectivity index (χ4n) is 1.76. The summed E-state index contributed by atoms with van der Waals surface area (Å²) in [4.78, 5) is 23.5. The minimum Gasteiger partial charge on any atom is -0.343 e. The molecule has 0 saturated carbocycles. The van der Waals surface area contributed by atoms with Crippen LogP contribution in [0.2, 0.25) is 0 Å². The third-order valence-electron chi connectivity index (χ3n) is 2.83. The molecular weight excluding hydrogens is 283 g/mol. The average molecular weight is 296 g/mol. The lowest BCUT2D eigenvalue weighted by atomic mass is 10.2. The molecule has 2 aromatic carbocycles. The van der Waals surface area contributed by atoms with E-state index in [1.165, 1.54) is 24.3 Å². The Morgan fingerprint density at radius 1 is 1.14 bits per heavy atom. The van der Waals surface area contributed by atoms with Crippen LogP contribution in [0.4, 0.5) is 10.1 Å². The maximum Gasteiger partial charge on any atom is 0.251 e. The maximum absolute atomic E-state index is 12.8. The van der Waals surface area contributed by atoms with Crippen molar-refractivity contribution >= 4 is 17.5 Å². The summed E-state index contributed by atoms with van der Waals surface area (Å²) in [6.07, 6.45) is 5.28. The molecule has 4 nitrogen and oxygen atoms in total. The third-order valence-corrected chi connectivity index (χ3v) is 2.83. The number of hydrogen-bond acceptors (Lipinski definition) is 2. The molecule has 2 amide bonds. The quantitative estimate of drug-likeness (QED) is 0.850. The van der Waals surface area contributed by atoms with E-state index in [0.29, 0.717) is 11.3 Å². The molecule has 0 aliphatic carbocycles. The van der Waals surface area contributed by atoms with Crippen molar-refractivity contribution in [2.75, 3.05) is 11.9 Å². The highest BCUT2D eigenvalue weighted by Crippen LogP contribution is 2.09. The van der Waals surface area contributed by atoms with Gasteiger partial charge in [-0.15, -0.1) is 6.42 Å². The highest BCUT2D eigenvalue weighted by atomic mass is 19.1. The van der Waals surface area contributed by atoms with E-state index in [0.717, 1.165) is 0 Å². The third kappa shape index (κ3) is 4.18. The molecule has 0 atom stereocenters. The van der Waals surface area contributed by atoms with Crippen molar-refractivity contribution in [2.24, 2.45) is 0 Å². The molecular formula is C17H13FN2O2. The van der Waals surface area contributed by atoms with E-state index in [9.17, 15) is 14.0 Å². The highest BCUT2D eigenvalue weighted by molar-refractivity contribution is 5.99. The number of anilines is 1. The van der Waals surface area contributed by atoms with Crippen molar-refractivity contribution in [3.05, 3.63) is 65.5 Å². The molecule has 0 aliphatic heterocycles. The summed E-state index contributed by atoms with van der Waals surface area (Å²) >= 11 is 0. The van der Waals surface area contributed by atoms with E-state index in [1.54, 1.807) is 24.3 Å². The summed E-state index contributed by atoms with van der Waals surface area (Å²) in [6.45, 7) is -0.198. The smallest absolute Gasteiger partial charge is 0.251 e. The van der Waals surface area contributed by atoms with Crippen molar-refractivity contribution in [3.63, 3.8) is 0 Å². The zero-order valence-corrected chi connectivity index (χ0v) is 11.6. The fraction of sp³-hybridized carbons (Fsp3) is 0.0588. The Balaban J connectivity index is 1.88. The first kappa shape index (κ1) is 15.3. The Morgan fingerprint density at radius 2 is 1.86 bits per heavy atom. The number of rotatable bonds is 4. The van der Waals surface area contributed by atoms with Crippen molar-refractivity contribution in [1.82, 2.24) is 5.32 Å². The van der Waals surface area contributed by atoms with Crippen LogP contribution in [0.1, 0.15) is 15.9 Å². The first-order chi connectivity index (χ1) is 10.6. The molecule has 0 saturated heterocycles. The van der Waals surface area contributed by atoms with Crippen molar-refractivity contribution in [3.8, 4) is 12.3 Å². The van der Waals surface area contributed by atoms with Gasteiger partial charge in [0.2, 0.25) is 5.91 Å². The molecule has 2 aromatic rings. The van der Waals surface area contributed by atoms with Crippen LogP contribution in [0.3, 0.4) is 0 Å². The molecule has 0 spiro atoms. The van der Waals surface area contributed by atoms with Crippen LogP contribution >= 0.6 is 0 Å². The monoisotopic (exact) mass is 296 g/mol. The van der Waals surface area contributed by atoms with Gasteiger partial charge in [0.15, 0.2) is 0 Å². The first-order valence-electron chi connectivity index (χ1n) is 6.49. The zero-order valence-electron chi connectivity index (χ0n) is 11.6. The predicted octanol–water partition coefficient (Wildman–Crippen LogP) is 2.18. The SMILES string of the molecule is C#Cc1cccc(NC(=O)CNC(=O)c2ccc(F)cc2)c1. The van der Waals surface area contributed by atoms with Gasteiger partial charge < -0.3 is 10.6 Å². The molecule has 0 unspecified atom stereocenters. The second-order valence-electron chi connectivity index (χ2n) is 4.46. The van der Waals surface area contributed by atoms with Crippen LogP contribution in [0.5, 0.6) is 0 Å². The lowest BCUT2D eigenvalue weighted by molar-refractivity contribution is -0.115. The van der Waals surface area contributed by atoms with E-state index in [2.05, 4.69) is 16.6 Å². The normalized spacial score (nSPS) is 9.64. The largest absolute Gasteiger partial charge is 0.343 e. The Morgan fingerprint density at radius 3 is 2.55 bits per heavy atom. The minimum atomic E-state index is -0.451. The summed E-state index contributed by atoms with van der Waals surface area (Å²) in [5.41, 5.74) is 1.48. The van der Waals surface area contributed by atoms with Gasteiger partial charge in [-0.1, -0.05) is 12.0 Å². The molecule has 0 bridgehead atoms. The van der Waals surface area contributed by atoms with Crippen LogP contribution in [0.15, 0.2) is 48.5 Å². The van der Waals surface area contributed by atoms with Crippen molar-refractivity contribution in [1.29, 1.82) is 0 Å². The highest BCUT2D eigenvalue weighted by Gasteiger charge is 2.08. The van der Waals surface area contributed by atoms with E-state index >= 15 is 0 Å². The maximum atomic E-state index is 12.8. The standard InChI is InChI=1S/C17H13FN2O2/c1-2-12-4-3-5-15(10-12)20-16(21)11-19-17(22)13-6-8-14(18)9-7-13/h1,3-10H,11H2,(H,19,22)(H,20,21). The summed E-state index contributed by atoms with van der Waals surface area (Å²) < 4.78 is 12.8. The predicted molar refractivity (Wildman–Crippen MR) is 81.7 cm³/mol. The summed E-state index contributed by atoms with van der Waals surface area (Å²) in [6, 6.07) is 11.9.